The number of H-pyrrole nitrogens is 1. The molecule has 132 valence electrons. The fraction of sp³-hybridized carbons (Fsp3) is 0.500. The van der Waals surface area contributed by atoms with Crippen LogP contribution in [-0.4, -0.2) is 38.7 Å². The molecule has 0 spiro atoms. The number of benzene rings is 1. The van der Waals surface area contributed by atoms with Crippen molar-refractivity contribution in [1.29, 1.82) is 0 Å². The Balaban J connectivity index is 1.31. The van der Waals surface area contributed by atoms with Gasteiger partial charge in [0, 0.05) is 0 Å². The second-order valence-electron chi connectivity index (χ2n) is 6.77. The lowest BCUT2D eigenvalue weighted by molar-refractivity contribution is 0.0678. The lowest BCUT2D eigenvalue weighted by atomic mass is 9.83. The summed E-state index contributed by atoms with van der Waals surface area (Å²) in [6.45, 7) is 0. The first-order valence-electron chi connectivity index (χ1n) is 8.76. The second kappa shape index (κ2) is 6.74. The molecule has 1 aromatic heterocycles. The number of aromatic nitrogens is 3. The van der Waals surface area contributed by atoms with Crippen LogP contribution in [0.25, 0.3) is 0 Å². The van der Waals surface area contributed by atoms with Gasteiger partial charge in [0.05, 0.1) is 6.10 Å². The third-order valence-electron chi connectivity index (χ3n) is 4.86. The molecule has 25 heavy (non-hydrogen) atoms. The van der Waals surface area contributed by atoms with Crippen molar-refractivity contribution >= 4 is 5.97 Å². The Bertz CT molecular complexity index is 731. The summed E-state index contributed by atoms with van der Waals surface area (Å²) in [7, 11) is 0. The highest BCUT2D eigenvalue weighted by Crippen LogP contribution is 2.35. The third kappa shape index (κ3) is 3.75. The molecule has 7 nitrogen and oxygen atoms in total. The van der Waals surface area contributed by atoms with Gasteiger partial charge >= 0.3 is 5.97 Å². The van der Waals surface area contributed by atoms with Crippen LogP contribution in [0.5, 0.6) is 11.6 Å². The SMILES string of the molecule is O=C(O)c1[nH]nnc1O[C@H]1CC[C@H](c2ccc(OC3CC3)cc2)CC1. The molecule has 0 unspecified atom stereocenters. The number of aromatic carboxylic acids is 1. The van der Waals surface area contributed by atoms with Gasteiger partial charge in [0.1, 0.15) is 11.9 Å². The van der Waals surface area contributed by atoms with Gasteiger partial charge in [0.2, 0.25) is 5.69 Å². The van der Waals surface area contributed by atoms with Crippen LogP contribution in [0.15, 0.2) is 24.3 Å². The predicted molar refractivity (Wildman–Crippen MR) is 89.1 cm³/mol. The summed E-state index contributed by atoms with van der Waals surface area (Å²) < 4.78 is 11.5. The Morgan fingerprint density at radius 3 is 2.28 bits per heavy atom. The molecule has 0 aliphatic heterocycles. The number of ether oxygens (including phenoxy) is 2. The van der Waals surface area contributed by atoms with Crippen LogP contribution < -0.4 is 9.47 Å². The molecule has 7 heteroatoms. The molecule has 0 radical (unpaired) electrons. The van der Waals surface area contributed by atoms with E-state index in [0.29, 0.717) is 12.0 Å². The van der Waals surface area contributed by atoms with E-state index in [1.54, 1.807) is 0 Å². The zero-order chi connectivity index (χ0) is 17.2. The van der Waals surface area contributed by atoms with Gasteiger partial charge in [0.25, 0.3) is 5.88 Å². The Hall–Kier alpha value is -2.57. The molecule has 2 aliphatic carbocycles. The van der Waals surface area contributed by atoms with E-state index >= 15 is 0 Å². The van der Waals surface area contributed by atoms with Crippen molar-refractivity contribution in [3.8, 4) is 11.6 Å². The van der Waals surface area contributed by atoms with Crippen molar-refractivity contribution in [1.82, 2.24) is 15.4 Å². The molecule has 0 amide bonds. The number of hydrogen-bond donors (Lipinski definition) is 2. The van der Waals surface area contributed by atoms with Crippen LogP contribution in [0.1, 0.15) is 60.5 Å². The minimum Gasteiger partial charge on any atom is -0.490 e. The maximum Gasteiger partial charge on any atom is 0.359 e. The van der Waals surface area contributed by atoms with Crippen molar-refractivity contribution in [2.24, 2.45) is 0 Å². The first-order valence-corrected chi connectivity index (χ1v) is 8.76. The van der Waals surface area contributed by atoms with Crippen LogP contribution in [0.3, 0.4) is 0 Å². The second-order valence-corrected chi connectivity index (χ2v) is 6.77. The van der Waals surface area contributed by atoms with Crippen molar-refractivity contribution in [3.63, 3.8) is 0 Å². The zero-order valence-corrected chi connectivity index (χ0v) is 13.9. The number of nitrogens with zero attached hydrogens (tertiary/aromatic N) is 2. The Kier molecular flexibility index (Phi) is 4.29. The number of rotatable bonds is 6. The number of carboxylic acids is 1. The Morgan fingerprint density at radius 2 is 1.64 bits per heavy atom. The largest absolute Gasteiger partial charge is 0.490 e. The van der Waals surface area contributed by atoms with Gasteiger partial charge in [-0.3, -0.25) is 0 Å². The highest BCUT2D eigenvalue weighted by molar-refractivity contribution is 5.87. The fourth-order valence-electron chi connectivity index (χ4n) is 3.31. The number of hydrogen-bond acceptors (Lipinski definition) is 5. The predicted octanol–water partition coefficient (Wildman–Crippen LogP) is 3.15. The van der Waals surface area contributed by atoms with Gasteiger partial charge in [-0.25, -0.2) is 9.89 Å². The normalized spacial score (nSPS) is 23.2. The smallest absolute Gasteiger partial charge is 0.359 e. The topological polar surface area (TPSA) is 97.3 Å². The van der Waals surface area contributed by atoms with Gasteiger partial charge in [-0.05, 0) is 62.1 Å². The molecule has 0 atom stereocenters. The van der Waals surface area contributed by atoms with E-state index < -0.39 is 5.97 Å². The minimum atomic E-state index is -1.11. The van der Waals surface area contributed by atoms with E-state index in [9.17, 15) is 4.79 Å². The summed E-state index contributed by atoms with van der Waals surface area (Å²) in [6.07, 6.45) is 6.50. The first kappa shape index (κ1) is 15.9. The number of aromatic amines is 1. The molecule has 0 bridgehead atoms. The molecular formula is C18H21N3O4. The number of carbonyl (C=O) groups is 1. The molecule has 2 saturated carbocycles. The molecule has 2 fully saturated rings. The molecule has 1 aromatic carbocycles. The average Bonchev–Trinajstić information content (AvgIpc) is 3.31. The first-order chi connectivity index (χ1) is 12.2. The van der Waals surface area contributed by atoms with Gasteiger partial charge in [-0.1, -0.05) is 22.4 Å². The van der Waals surface area contributed by atoms with E-state index in [1.807, 2.05) is 0 Å². The highest BCUT2D eigenvalue weighted by Gasteiger charge is 2.27. The van der Waals surface area contributed by atoms with E-state index in [2.05, 4.69) is 39.7 Å². The van der Waals surface area contributed by atoms with Crippen LogP contribution in [-0.2, 0) is 0 Å². The van der Waals surface area contributed by atoms with Crippen LogP contribution in [0, 0.1) is 0 Å². The number of carboxylic acid groups (broad SMARTS) is 1. The highest BCUT2D eigenvalue weighted by atomic mass is 16.5. The van der Waals surface area contributed by atoms with Crippen molar-refractivity contribution in [3.05, 3.63) is 35.5 Å². The molecule has 0 saturated heterocycles. The maximum atomic E-state index is 11.1. The van der Waals surface area contributed by atoms with Gasteiger partial charge in [-0.15, -0.1) is 0 Å². The monoisotopic (exact) mass is 343 g/mol. The van der Waals surface area contributed by atoms with Crippen molar-refractivity contribution < 1.29 is 19.4 Å². The maximum absolute atomic E-state index is 11.1. The quantitative estimate of drug-likeness (QED) is 0.836. The van der Waals surface area contributed by atoms with Crippen LogP contribution in [0.4, 0.5) is 0 Å². The van der Waals surface area contributed by atoms with Crippen molar-refractivity contribution in [2.75, 3.05) is 0 Å². The molecule has 4 rings (SSSR count). The molecule has 2 aromatic rings. The van der Waals surface area contributed by atoms with Gasteiger partial charge in [-0.2, -0.15) is 0 Å². The van der Waals surface area contributed by atoms with E-state index in [0.717, 1.165) is 31.4 Å². The number of nitrogens with one attached hydrogen (secondary N) is 1. The van der Waals surface area contributed by atoms with E-state index in [-0.39, 0.29) is 17.7 Å². The van der Waals surface area contributed by atoms with E-state index in [1.165, 1.54) is 18.4 Å². The van der Waals surface area contributed by atoms with Gasteiger partial charge in [0.15, 0.2) is 0 Å². The zero-order valence-electron chi connectivity index (χ0n) is 13.9. The molecular weight excluding hydrogens is 322 g/mol. The molecule has 2 aliphatic rings. The fourth-order valence-corrected chi connectivity index (χ4v) is 3.31. The average molecular weight is 343 g/mol. The standard InChI is InChI=1S/C18H21N3O4/c22-18(23)16-17(20-21-19-16)25-15-7-3-12(4-8-15)11-1-5-13(6-2-11)24-14-9-10-14/h1-2,5-6,12,14-15H,3-4,7-10H2,(H,22,23)(H,19,20,21)/t12-,15-. The minimum absolute atomic E-state index is 0.0167. The summed E-state index contributed by atoms with van der Waals surface area (Å²) in [6, 6.07) is 8.43. The summed E-state index contributed by atoms with van der Waals surface area (Å²) in [5.74, 6) is 0.432. The Labute approximate surface area is 145 Å². The summed E-state index contributed by atoms with van der Waals surface area (Å²) in [4.78, 5) is 11.1. The summed E-state index contributed by atoms with van der Waals surface area (Å²) in [5, 5.41) is 18.6. The van der Waals surface area contributed by atoms with Crippen molar-refractivity contribution in [2.45, 2.75) is 56.7 Å². The van der Waals surface area contributed by atoms with Crippen LogP contribution >= 0.6 is 0 Å². The van der Waals surface area contributed by atoms with Crippen LogP contribution in [0.2, 0.25) is 0 Å². The lowest BCUT2D eigenvalue weighted by Crippen LogP contribution is -2.24. The summed E-state index contributed by atoms with van der Waals surface area (Å²) >= 11 is 0. The van der Waals surface area contributed by atoms with Gasteiger partial charge < -0.3 is 14.6 Å². The summed E-state index contributed by atoms with van der Waals surface area (Å²) in [5.41, 5.74) is 1.24. The van der Waals surface area contributed by atoms with E-state index in [4.69, 9.17) is 14.6 Å². The molecule has 1 heterocycles. The third-order valence-corrected chi connectivity index (χ3v) is 4.86. The lowest BCUT2D eigenvalue weighted by Gasteiger charge is -2.28. The Morgan fingerprint density at radius 1 is 1.00 bits per heavy atom. The molecule has 2 N–H and O–H groups in total.